The number of primary amides is 1. The Labute approximate surface area is 185 Å². The van der Waals surface area contributed by atoms with Crippen LogP contribution in [0, 0.1) is 0 Å². The van der Waals surface area contributed by atoms with Crippen molar-refractivity contribution in [1.29, 1.82) is 0 Å². The predicted molar refractivity (Wildman–Crippen MR) is 122 cm³/mol. The first-order chi connectivity index (χ1) is 14.9. The van der Waals surface area contributed by atoms with E-state index in [-0.39, 0.29) is 12.0 Å². The third-order valence-electron chi connectivity index (χ3n) is 5.93. The van der Waals surface area contributed by atoms with E-state index in [0.29, 0.717) is 11.4 Å². The number of nitrogens with two attached hydrogens (primary N) is 1. The van der Waals surface area contributed by atoms with Gasteiger partial charge in [-0.3, -0.25) is 0 Å². The minimum Gasteiger partial charge on any atom is -0.352 e. The zero-order chi connectivity index (χ0) is 22.3. The summed E-state index contributed by atoms with van der Waals surface area (Å²) < 4.78 is 27.5. The Bertz CT molecular complexity index is 930. The van der Waals surface area contributed by atoms with Crippen LogP contribution in [0.5, 0.6) is 0 Å². The summed E-state index contributed by atoms with van der Waals surface area (Å²) in [5, 5.41) is 2.79. The zero-order valence-electron chi connectivity index (χ0n) is 18.0. The zero-order valence-corrected chi connectivity index (χ0v) is 18.8. The lowest BCUT2D eigenvalue weighted by Gasteiger charge is -2.33. The summed E-state index contributed by atoms with van der Waals surface area (Å²) in [4.78, 5) is 13.7. The van der Waals surface area contributed by atoms with E-state index in [1.54, 1.807) is 31.3 Å². The Hall–Kier alpha value is -2.42. The van der Waals surface area contributed by atoms with Crippen molar-refractivity contribution in [3.63, 3.8) is 0 Å². The highest BCUT2D eigenvalue weighted by Crippen LogP contribution is 2.25. The number of hydrogen-bond donors (Lipinski definition) is 2. The van der Waals surface area contributed by atoms with E-state index in [1.165, 1.54) is 4.31 Å². The third-order valence-corrected chi connectivity index (χ3v) is 7.77. The molecule has 8 heteroatoms. The maximum absolute atomic E-state index is 13.0. The molecule has 0 aromatic heterocycles. The number of carbonyl (C=O) groups is 1. The van der Waals surface area contributed by atoms with Crippen molar-refractivity contribution < 1.29 is 13.2 Å². The molecule has 1 heterocycles. The molecule has 1 aliphatic heterocycles. The summed E-state index contributed by atoms with van der Waals surface area (Å²) in [6, 6.07) is 18.3. The van der Waals surface area contributed by atoms with E-state index in [9.17, 15) is 13.2 Å². The fourth-order valence-corrected chi connectivity index (χ4v) is 5.35. The smallest absolute Gasteiger partial charge is 0.312 e. The molecule has 31 heavy (non-hydrogen) atoms. The summed E-state index contributed by atoms with van der Waals surface area (Å²) in [6.45, 7) is 3.08. The summed E-state index contributed by atoms with van der Waals surface area (Å²) in [7, 11) is -1.88. The molecule has 2 amide bonds. The van der Waals surface area contributed by atoms with Gasteiger partial charge in [0.05, 0.1) is 4.90 Å². The van der Waals surface area contributed by atoms with Crippen LogP contribution in [0.25, 0.3) is 0 Å². The molecule has 7 nitrogen and oxygen atoms in total. The van der Waals surface area contributed by atoms with Crippen LogP contribution in [0.2, 0.25) is 0 Å². The fourth-order valence-electron chi connectivity index (χ4n) is 4.11. The number of benzene rings is 2. The Morgan fingerprint density at radius 2 is 1.68 bits per heavy atom. The van der Waals surface area contributed by atoms with Gasteiger partial charge in [-0.25, -0.2) is 17.5 Å². The summed E-state index contributed by atoms with van der Waals surface area (Å²) in [5.74, 6) is 0.0890. The molecule has 1 aliphatic rings. The first kappa shape index (κ1) is 23.2. The number of rotatable bonds is 9. The Kier molecular flexibility index (Phi) is 8.06. The fraction of sp³-hybridized carbons (Fsp3) is 0.435. The summed E-state index contributed by atoms with van der Waals surface area (Å²) in [5.41, 5.74) is 6.37. The molecule has 0 radical (unpaired) electrons. The van der Waals surface area contributed by atoms with Gasteiger partial charge in [0.2, 0.25) is 10.0 Å². The molecule has 0 aliphatic carbocycles. The van der Waals surface area contributed by atoms with Crippen molar-refractivity contribution in [1.82, 2.24) is 14.5 Å². The average Bonchev–Trinajstić information content (AvgIpc) is 2.78. The van der Waals surface area contributed by atoms with E-state index in [1.807, 2.05) is 24.3 Å². The molecule has 0 bridgehead atoms. The lowest BCUT2D eigenvalue weighted by Crippen LogP contribution is -2.46. The van der Waals surface area contributed by atoms with Gasteiger partial charge in [-0.1, -0.05) is 48.5 Å². The maximum atomic E-state index is 13.0. The average molecular weight is 445 g/mol. The number of likely N-dealkylation sites (N-methyl/N-ethyl adjacent to an activating group) is 1. The monoisotopic (exact) mass is 444 g/mol. The molecular formula is C23H32N4O3S. The normalized spacial score (nSPS) is 16.8. The van der Waals surface area contributed by atoms with Crippen LogP contribution >= 0.6 is 0 Å². The lowest BCUT2D eigenvalue weighted by molar-refractivity contribution is 0.188. The number of carbonyl (C=O) groups excluding carboxylic acids is 1. The summed E-state index contributed by atoms with van der Waals surface area (Å²) in [6.07, 6.45) is 2.61. The number of amides is 2. The van der Waals surface area contributed by atoms with Gasteiger partial charge >= 0.3 is 6.03 Å². The van der Waals surface area contributed by atoms with Gasteiger partial charge in [-0.2, -0.15) is 0 Å². The molecule has 1 atom stereocenters. The van der Waals surface area contributed by atoms with Crippen molar-refractivity contribution in [3.8, 4) is 0 Å². The molecular weight excluding hydrogens is 412 g/mol. The van der Waals surface area contributed by atoms with Gasteiger partial charge in [0.15, 0.2) is 0 Å². The Morgan fingerprint density at radius 1 is 1.10 bits per heavy atom. The van der Waals surface area contributed by atoms with Crippen molar-refractivity contribution >= 4 is 16.1 Å². The van der Waals surface area contributed by atoms with Crippen LogP contribution in [0.1, 0.15) is 30.7 Å². The van der Waals surface area contributed by atoms with Crippen molar-refractivity contribution in [2.75, 3.05) is 33.2 Å². The highest BCUT2D eigenvalue weighted by molar-refractivity contribution is 7.89. The number of piperidine rings is 1. The molecule has 0 saturated carbocycles. The minimum atomic E-state index is -3.54. The van der Waals surface area contributed by atoms with Gasteiger partial charge in [0.25, 0.3) is 0 Å². The van der Waals surface area contributed by atoms with Crippen LogP contribution in [0.4, 0.5) is 4.79 Å². The van der Waals surface area contributed by atoms with Crippen LogP contribution < -0.4 is 11.1 Å². The van der Waals surface area contributed by atoms with Crippen LogP contribution in [-0.2, 0) is 10.0 Å². The highest BCUT2D eigenvalue weighted by atomic mass is 32.2. The van der Waals surface area contributed by atoms with Crippen LogP contribution in [0.3, 0.4) is 0 Å². The van der Waals surface area contributed by atoms with Crippen LogP contribution in [0.15, 0.2) is 65.6 Å². The van der Waals surface area contributed by atoms with Crippen molar-refractivity contribution in [2.24, 2.45) is 5.73 Å². The number of sulfonamides is 1. The number of nitrogens with one attached hydrogen (secondary N) is 1. The highest BCUT2D eigenvalue weighted by Gasteiger charge is 2.26. The van der Waals surface area contributed by atoms with Crippen molar-refractivity contribution in [2.45, 2.75) is 36.1 Å². The maximum Gasteiger partial charge on any atom is 0.312 e. The van der Waals surface area contributed by atoms with E-state index < -0.39 is 16.1 Å². The largest absolute Gasteiger partial charge is 0.352 e. The topological polar surface area (TPSA) is 95.7 Å². The first-order valence-corrected chi connectivity index (χ1v) is 12.1. The van der Waals surface area contributed by atoms with Gasteiger partial charge in [0.1, 0.15) is 0 Å². The van der Waals surface area contributed by atoms with Gasteiger partial charge in [-0.05, 0) is 49.4 Å². The Morgan fingerprint density at radius 3 is 2.26 bits per heavy atom. The minimum absolute atomic E-state index is 0.0890. The number of urea groups is 1. The second-order valence-electron chi connectivity index (χ2n) is 8.12. The third kappa shape index (κ3) is 6.53. The van der Waals surface area contributed by atoms with E-state index in [0.717, 1.165) is 44.5 Å². The van der Waals surface area contributed by atoms with Gasteiger partial charge in [-0.15, -0.1) is 0 Å². The standard InChI is InChI=1S/C23H32N4O3S/c1-26(31(29,30)22-10-6-3-7-11-22)18-20(19-8-4-2-5-9-19)12-15-27-16-13-21(14-17-27)25-23(24)28/h2-11,20-21H,12-18H2,1H3,(H3,24,25,28). The molecule has 2 aromatic carbocycles. The van der Waals surface area contributed by atoms with Gasteiger partial charge < -0.3 is 16.0 Å². The molecule has 1 saturated heterocycles. The van der Waals surface area contributed by atoms with E-state index in [2.05, 4.69) is 22.3 Å². The van der Waals surface area contributed by atoms with E-state index in [4.69, 9.17) is 5.73 Å². The van der Waals surface area contributed by atoms with Gasteiger partial charge in [0, 0.05) is 32.7 Å². The quantitative estimate of drug-likeness (QED) is 0.621. The molecule has 1 unspecified atom stereocenters. The van der Waals surface area contributed by atoms with Crippen molar-refractivity contribution in [3.05, 3.63) is 66.2 Å². The number of likely N-dealkylation sites (tertiary alicyclic amines) is 1. The SMILES string of the molecule is CN(CC(CCN1CCC(NC(N)=O)CC1)c1ccccc1)S(=O)(=O)c1ccccc1. The second-order valence-corrected chi connectivity index (χ2v) is 10.2. The first-order valence-electron chi connectivity index (χ1n) is 10.7. The second kappa shape index (κ2) is 10.7. The molecule has 168 valence electrons. The lowest BCUT2D eigenvalue weighted by atomic mass is 9.94. The molecule has 3 N–H and O–H groups in total. The molecule has 0 spiro atoms. The summed E-state index contributed by atoms with van der Waals surface area (Å²) >= 11 is 0. The Balaban J connectivity index is 1.64. The predicted octanol–water partition coefficient (Wildman–Crippen LogP) is 2.61. The number of nitrogens with zero attached hydrogens (tertiary/aromatic N) is 2. The molecule has 3 rings (SSSR count). The van der Waals surface area contributed by atoms with Crippen LogP contribution in [-0.4, -0.2) is 62.9 Å². The molecule has 2 aromatic rings. The molecule has 1 fully saturated rings. The number of hydrogen-bond acceptors (Lipinski definition) is 4. The van der Waals surface area contributed by atoms with E-state index >= 15 is 0 Å².